The number of non-ortho nitro benzene ring substituents is 1. The van der Waals surface area contributed by atoms with Crippen LogP contribution in [0.15, 0.2) is 41.3 Å². The van der Waals surface area contributed by atoms with E-state index in [1.807, 2.05) is 0 Å². The molecule has 1 amide bonds. The lowest BCUT2D eigenvalue weighted by atomic mass is 10.1. The van der Waals surface area contributed by atoms with Gasteiger partial charge >= 0.3 is 11.9 Å². The second-order valence-electron chi connectivity index (χ2n) is 5.23. The van der Waals surface area contributed by atoms with Crippen LogP contribution >= 0.6 is 24.0 Å². The monoisotopic (exact) mass is 408 g/mol. The standard InChI is InChI=1S/C16H12N2O7S2/c19-13(20)8-11(15(22)23)17-14(21)12(27-16(17)26)3-1-2-9-4-6-10(7-5-9)18(24)25/h1-7,11H,8H2,(H,19,20)(H,22,23)/b2-1+,12-3-/t11-/m0/s1. The number of aliphatic carboxylic acids is 2. The van der Waals surface area contributed by atoms with Gasteiger partial charge in [0.1, 0.15) is 10.4 Å². The molecule has 1 atom stereocenters. The van der Waals surface area contributed by atoms with E-state index in [9.17, 15) is 29.6 Å². The number of thiocarbonyl (C=S) groups is 1. The summed E-state index contributed by atoms with van der Waals surface area (Å²) in [7, 11) is 0. The Balaban J connectivity index is 2.16. The number of nitro benzene ring substituents is 1. The van der Waals surface area contributed by atoms with Crippen molar-refractivity contribution in [1.82, 2.24) is 4.90 Å². The van der Waals surface area contributed by atoms with E-state index in [2.05, 4.69) is 0 Å². The van der Waals surface area contributed by atoms with Gasteiger partial charge in [-0.2, -0.15) is 0 Å². The van der Waals surface area contributed by atoms with Gasteiger partial charge < -0.3 is 10.2 Å². The zero-order valence-electron chi connectivity index (χ0n) is 13.5. The minimum absolute atomic E-state index is 0.0383. The summed E-state index contributed by atoms with van der Waals surface area (Å²) in [5, 5.41) is 28.6. The van der Waals surface area contributed by atoms with E-state index in [0.29, 0.717) is 5.56 Å². The number of nitrogens with zero attached hydrogens (tertiary/aromatic N) is 2. The quantitative estimate of drug-likeness (QED) is 0.301. The van der Waals surface area contributed by atoms with E-state index in [-0.39, 0.29) is 14.9 Å². The summed E-state index contributed by atoms with van der Waals surface area (Å²) < 4.78 is -0.0383. The number of carboxylic acid groups (broad SMARTS) is 2. The first-order chi connectivity index (χ1) is 12.7. The molecule has 0 bridgehead atoms. The molecule has 1 heterocycles. The summed E-state index contributed by atoms with van der Waals surface area (Å²) in [6.45, 7) is 0. The van der Waals surface area contributed by atoms with Crippen LogP contribution in [0.2, 0.25) is 0 Å². The fourth-order valence-corrected chi connectivity index (χ4v) is 3.48. The number of hydrogen-bond acceptors (Lipinski definition) is 7. The molecule has 0 spiro atoms. The van der Waals surface area contributed by atoms with E-state index >= 15 is 0 Å². The number of benzene rings is 1. The molecule has 11 heteroatoms. The van der Waals surface area contributed by atoms with Gasteiger partial charge in [0.15, 0.2) is 0 Å². The molecule has 2 N–H and O–H groups in total. The number of thioether (sulfide) groups is 1. The molecule has 0 aliphatic carbocycles. The molecule has 1 saturated heterocycles. The lowest BCUT2D eigenvalue weighted by Crippen LogP contribution is -2.45. The van der Waals surface area contributed by atoms with Gasteiger partial charge in [-0.1, -0.05) is 36.1 Å². The maximum absolute atomic E-state index is 12.4. The number of allylic oxidation sites excluding steroid dienone is 2. The molecule has 0 radical (unpaired) electrons. The maximum atomic E-state index is 12.4. The van der Waals surface area contributed by atoms with E-state index in [0.717, 1.165) is 16.7 Å². The lowest BCUT2D eigenvalue weighted by molar-refractivity contribution is -0.384. The summed E-state index contributed by atoms with van der Waals surface area (Å²) in [6.07, 6.45) is 3.76. The zero-order chi connectivity index (χ0) is 20.1. The fourth-order valence-electron chi connectivity index (χ4n) is 2.17. The Morgan fingerprint density at radius 3 is 2.44 bits per heavy atom. The molecule has 1 aromatic rings. The van der Waals surface area contributed by atoms with Crippen LogP contribution < -0.4 is 0 Å². The first-order valence-electron chi connectivity index (χ1n) is 7.33. The highest BCUT2D eigenvalue weighted by Crippen LogP contribution is 2.33. The van der Waals surface area contributed by atoms with Crippen molar-refractivity contribution in [3.8, 4) is 0 Å². The number of carboxylic acids is 2. The first-order valence-corrected chi connectivity index (χ1v) is 8.56. The summed E-state index contributed by atoms with van der Waals surface area (Å²) >= 11 is 5.88. The first kappa shape index (κ1) is 20.3. The molecular weight excluding hydrogens is 396 g/mol. The largest absolute Gasteiger partial charge is 0.481 e. The van der Waals surface area contributed by atoms with Gasteiger partial charge in [-0.05, 0) is 23.8 Å². The van der Waals surface area contributed by atoms with Gasteiger partial charge in [0.25, 0.3) is 11.6 Å². The third-order valence-corrected chi connectivity index (χ3v) is 4.78. The molecule has 0 aromatic heterocycles. The molecule has 1 aliphatic heterocycles. The van der Waals surface area contributed by atoms with Crippen molar-refractivity contribution in [2.24, 2.45) is 0 Å². The Morgan fingerprint density at radius 2 is 1.93 bits per heavy atom. The van der Waals surface area contributed by atoms with Crippen LogP contribution in [0.1, 0.15) is 12.0 Å². The van der Waals surface area contributed by atoms with Crippen molar-refractivity contribution < 1.29 is 29.5 Å². The molecule has 27 heavy (non-hydrogen) atoms. The van der Waals surface area contributed by atoms with Gasteiger partial charge in [0.2, 0.25) is 0 Å². The zero-order valence-corrected chi connectivity index (χ0v) is 15.1. The Labute approximate surface area is 162 Å². The Hall–Kier alpha value is -3.05. The average Bonchev–Trinajstić information content (AvgIpc) is 2.87. The van der Waals surface area contributed by atoms with Crippen molar-refractivity contribution in [2.75, 3.05) is 0 Å². The highest BCUT2D eigenvalue weighted by Gasteiger charge is 2.41. The molecule has 140 valence electrons. The van der Waals surface area contributed by atoms with Gasteiger partial charge in [-0.25, -0.2) is 4.79 Å². The summed E-state index contributed by atoms with van der Waals surface area (Å²) in [4.78, 5) is 45.5. The summed E-state index contributed by atoms with van der Waals surface area (Å²) in [5.74, 6) is -3.51. The van der Waals surface area contributed by atoms with E-state index in [1.165, 1.54) is 36.4 Å². The van der Waals surface area contributed by atoms with Gasteiger partial charge in [0.05, 0.1) is 16.2 Å². The second-order valence-corrected chi connectivity index (χ2v) is 6.91. The van der Waals surface area contributed by atoms with Crippen LogP contribution in [0, 0.1) is 10.1 Å². The molecule has 9 nitrogen and oxygen atoms in total. The van der Waals surface area contributed by atoms with Crippen LogP contribution in [0.4, 0.5) is 5.69 Å². The molecule has 2 rings (SSSR count). The molecule has 1 aliphatic rings. The van der Waals surface area contributed by atoms with Crippen molar-refractivity contribution in [2.45, 2.75) is 12.5 Å². The Morgan fingerprint density at radius 1 is 1.30 bits per heavy atom. The van der Waals surface area contributed by atoms with Crippen LogP contribution in [0.25, 0.3) is 6.08 Å². The smallest absolute Gasteiger partial charge is 0.327 e. The number of amides is 1. The molecular formula is C16H12N2O7S2. The molecule has 1 aromatic carbocycles. The minimum atomic E-state index is -1.58. The van der Waals surface area contributed by atoms with E-state index in [1.54, 1.807) is 6.08 Å². The normalized spacial score (nSPS) is 16.9. The van der Waals surface area contributed by atoms with E-state index in [4.69, 9.17) is 17.3 Å². The number of rotatable bonds is 7. The van der Waals surface area contributed by atoms with Crippen LogP contribution in [0.5, 0.6) is 0 Å². The second kappa shape index (κ2) is 8.56. The Kier molecular flexibility index (Phi) is 6.42. The number of carbonyl (C=O) groups excluding carboxylic acids is 1. The minimum Gasteiger partial charge on any atom is -0.481 e. The van der Waals surface area contributed by atoms with Crippen molar-refractivity contribution >= 4 is 57.9 Å². The summed E-state index contributed by atoms with van der Waals surface area (Å²) in [5.41, 5.74) is 0.604. The van der Waals surface area contributed by atoms with Crippen molar-refractivity contribution in [3.63, 3.8) is 0 Å². The Bertz CT molecular complexity index is 877. The van der Waals surface area contributed by atoms with Crippen molar-refractivity contribution in [1.29, 1.82) is 0 Å². The summed E-state index contributed by atoms with van der Waals surface area (Å²) in [6, 6.07) is 4.15. The van der Waals surface area contributed by atoms with Gasteiger partial charge in [-0.3, -0.25) is 24.6 Å². The molecule has 1 fully saturated rings. The van der Waals surface area contributed by atoms with Crippen LogP contribution in [-0.2, 0) is 14.4 Å². The maximum Gasteiger partial charge on any atom is 0.327 e. The molecule has 0 saturated carbocycles. The van der Waals surface area contributed by atoms with Crippen LogP contribution in [-0.4, -0.2) is 48.2 Å². The van der Waals surface area contributed by atoms with Crippen LogP contribution in [0.3, 0.4) is 0 Å². The number of hydrogen-bond donors (Lipinski definition) is 2. The SMILES string of the molecule is O=C(O)C[C@@H](C(=O)O)N1C(=O)/C(=C/C=C/c2ccc([N+](=O)[O-])cc2)SC1=S. The van der Waals surface area contributed by atoms with E-state index < -0.39 is 35.2 Å². The van der Waals surface area contributed by atoms with Gasteiger partial charge in [0, 0.05) is 12.1 Å². The predicted octanol–water partition coefficient (Wildman–Crippen LogP) is 2.28. The highest BCUT2D eigenvalue weighted by atomic mass is 32.2. The highest BCUT2D eigenvalue weighted by molar-refractivity contribution is 8.26. The third kappa shape index (κ3) is 4.99. The topological polar surface area (TPSA) is 138 Å². The lowest BCUT2D eigenvalue weighted by Gasteiger charge is -2.21. The van der Waals surface area contributed by atoms with Crippen molar-refractivity contribution in [3.05, 3.63) is 57.0 Å². The number of nitro groups is 1. The molecule has 0 unspecified atom stereocenters. The third-order valence-electron chi connectivity index (χ3n) is 3.43. The fraction of sp³-hybridized carbons (Fsp3) is 0.125. The average molecular weight is 408 g/mol. The van der Waals surface area contributed by atoms with Gasteiger partial charge in [-0.15, -0.1) is 0 Å². The predicted molar refractivity (Wildman–Crippen MR) is 101 cm³/mol. The number of carbonyl (C=O) groups is 3.